The number of nitrogens with two attached hydrogens (primary N) is 1. The molecule has 0 bridgehead atoms. The fraction of sp³-hybridized carbons (Fsp3) is 0.467. The first-order chi connectivity index (χ1) is 9.93. The molecule has 116 valence electrons. The summed E-state index contributed by atoms with van der Waals surface area (Å²) < 4.78 is 0. The van der Waals surface area contributed by atoms with Gasteiger partial charge in [-0.25, -0.2) is 4.79 Å². The van der Waals surface area contributed by atoms with Crippen molar-refractivity contribution in [3.63, 3.8) is 0 Å². The first kappa shape index (κ1) is 17.4. The van der Waals surface area contributed by atoms with Crippen molar-refractivity contribution in [2.45, 2.75) is 32.4 Å². The molecule has 0 aliphatic heterocycles. The number of amides is 3. The summed E-state index contributed by atoms with van der Waals surface area (Å²) in [5, 5.41) is 5.41. The van der Waals surface area contributed by atoms with Gasteiger partial charge in [-0.15, -0.1) is 0 Å². The van der Waals surface area contributed by atoms with Crippen LogP contribution in [0, 0.1) is 6.92 Å². The van der Waals surface area contributed by atoms with Crippen molar-refractivity contribution < 1.29 is 9.59 Å². The molecule has 1 aromatic carbocycles. The van der Waals surface area contributed by atoms with Gasteiger partial charge in [-0.2, -0.15) is 11.8 Å². The molecule has 0 aromatic heterocycles. The topological polar surface area (TPSA) is 84.2 Å². The van der Waals surface area contributed by atoms with Crippen LogP contribution in [-0.4, -0.2) is 30.0 Å². The van der Waals surface area contributed by atoms with Crippen LogP contribution in [0.3, 0.4) is 0 Å². The zero-order valence-corrected chi connectivity index (χ0v) is 13.5. The third-order valence-corrected chi connectivity index (χ3v) is 3.82. The van der Waals surface area contributed by atoms with Gasteiger partial charge in [0.05, 0.1) is 6.04 Å². The molecule has 1 rings (SSSR count). The van der Waals surface area contributed by atoms with Crippen molar-refractivity contribution in [3.8, 4) is 0 Å². The van der Waals surface area contributed by atoms with Crippen LogP contribution < -0.4 is 16.4 Å². The van der Waals surface area contributed by atoms with Crippen molar-refractivity contribution in [3.05, 3.63) is 35.4 Å². The molecule has 0 saturated heterocycles. The first-order valence-electron chi connectivity index (χ1n) is 6.86. The molecular formula is C15H23N3O2S. The molecule has 0 aliphatic carbocycles. The number of rotatable bonds is 7. The number of aryl methyl sites for hydroxylation is 1. The maximum Gasteiger partial charge on any atom is 0.312 e. The predicted octanol–water partition coefficient (Wildman–Crippen LogP) is 1.96. The molecule has 4 N–H and O–H groups in total. The molecule has 0 saturated carbocycles. The molecule has 6 heteroatoms. The maximum absolute atomic E-state index is 12.2. The Morgan fingerprint density at radius 1 is 1.24 bits per heavy atom. The number of thioether (sulfide) groups is 1. The summed E-state index contributed by atoms with van der Waals surface area (Å²) in [6, 6.07) is 6.58. The molecular weight excluding hydrogens is 286 g/mol. The lowest BCUT2D eigenvalue weighted by atomic mass is 10.1. The minimum atomic E-state index is -0.681. The Hall–Kier alpha value is -1.69. The largest absolute Gasteiger partial charge is 0.352 e. The third-order valence-electron chi connectivity index (χ3n) is 3.18. The van der Waals surface area contributed by atoms with E-state index in [1.807, 2.05) is 44.4 Å². The smallest absolute Gasteiger partial charge is 0.312 e. The second-order valence-electron chi connectivity index (χ2n) is 4.98. The standard InChI is InChI=1S/C15H23N3O2S/c1-10-4-6-12(7-5-10)11(2)17-14(19)13(8-9-21-3)18-15(16)20/h4-7,11,13H,8-9H2,1-3H3,(H,17,19)(H3,16,18,20). The number of hydrogen-bond acceptors (Lipinski definition) is 3. The Bertz CT molecular complexity index is 476. The molecule has 0 fully saturated rings. The SMILES string of the molecule is CSCCC(NC(N)=O)C(=O)NC(C)c1ccc(C)cc1. The lowest BCUT2D eigenvalue weighted by Gasteiger charge is -2.20. The highest BCUT2D eigenvalue weighted by atomic mass is 32.2. The average Bonchev–Trinajstić information content (AvgIpc) is 2.43. The molecule has 0 spiro atoms. The van der Waals surface area contributed by atoms with Gasteiger partial charge in [0.1, 0.15) is 6.04 Å². The number of carbonyl (C=O) groups is 2. The number of carbonyl (C=O) groups excluding carboxylic acids is 2. The minimum Gasteiger partial charge on any atom is -0.352 e. The average molecular weight is 309 g/mol. The van der Waals surface area contributed by atoms with E-state index in [9.17, 15) is 9.59 Å². The zero-order chi connectivity index (χ0) is 15.8. The Labute approximate surface area is 130 Å². The zero-order valence-electron chi connectivity index (χ0n) is 12.7. The third kappa shape index (κ3) is 6.08. The number of nitrogens with one attached hydrogen (secondary N) is 2. The molecule has 2 unspecified atom stereocenters. The maximum atomic E-state index is 12.2. The summed E-state index contributed by atoms with van der Waals surface area (Å²) in [6.07, 6.45) is 2.50. The molecule has 3 amide bonds. The van der Waals surface area contributed by atoms with E-state index in [4.69, 9.17) is 5.73 Å². The number of primary amides is 1. The highest BCUT2D eigenvalue weighted by molar-refractivity contribution is 7.98. The van der Waals surface area contributed by atoms with Gasteiger partial charge in [-0.05, 0) is 37.8 Å². The van der Waals surface area contributed by atoms with Crippen molar-refractivity contribution in [2.75, 3.05) is 12.0 Å². The summed E-state index contributed by atoms with van der Waals surface area (Å²) in [5.41, 5.74) is 7.32. The summed E-state index contributed by atoms with van der Waals surface area (Å²) in [7, 11) is 0. The van der Waals surface area contributed by atoms with E-state index in [0.717, 1.165) is 11.3 Å². The lowest BCUT2D eigenvalue weighted by Crippen LogP contribution is -2.49. The van der Waals surface area contributed by atoms with E-state index in [0.29, 0.717) is 6.42 Å². The molecule has 21 heavy (non-hydrogen) atoms. The van der Waals surface area contributed by atoms with Crippen molar-refractivity contribution in [1.82, 2.24) is 10.6 Å². The van der Waals surface area contributed by atoms with Gasteiger partial charge in [0.15, 0.2) is 0 Å². The van der Waals surface area contributed by atoms with E-state index in [-0.39, 0.29) is 11.9 Å². The van der Waals surface area contributed by atoms with Gasteiger partial charge in [-0.3, -0.25) is 4.79 Å². The quantitative estimate of drug-likeness (QED) is 0.720. The van der Waals surface area contributed by atoms with Gasteiger partial charge in [-0.1, -0.05) is 29.8 Å². The molecule has 0 aliphatic rings. The van der Waals surface area contributed by atoms with Crippen LogP contribution in [0.25, 0.3) is 0 Å². The Balaban J connectivity index is 2.66. The van der Waals surface area contributed by atoms with Crippen LogP contribution in [-0.2, 0) is 4.79 Å². The lowest BCUT2D eigenvalue weighted by molar-refractivity contribution is -0.123. The van der Waals surface area contributed by atoms with Crippen molar-refractivity contribution in [1.29, 1.82) is 0 Å². The van der Waals surface area contributed by atoms with Crippen LogP contribution in [0.1, 0.15) is 30.5 Å². The molecule has 5 nitrogen and oxygen atoms in total. The second-order valence-corrected chi connectivity index (χ2v) is 5.97. The van der Waals surface area contributed by atoms with Crippen molar-refractivity contribution >= 4 is 23.7 Å². The summed E-state index contributed by atoms with van der Waals surface area (Å²) in [4.78, 5) is 23.2. The van der Waals surface area contributed by atoms with Crippen LogP contribution in [0.5, 0.6) is 0 Å². The van der Waals surface area contributed by atoms with E-state index < -0.39 is 12.1 Å². The number of urea groups is 1. The molecule has 1 aromatic rings. The van der Waals surface area contributed by atoms with Gasteiger partial charge >= 0.3 is 6.03 Å². The predicted molar refractivity (Wildman–Crippen MR) is 87.2 cm³/mol. The van der Waals surface area contributed by atoms with E-state index in [1.54, 1.807) is 11.8 Å². The fourth-order valence-corrected chi connectivity index (χ4v) is 2.40. The van der Waals surface area contributed by atoms with E-state index in [2.05, 4.69) is 10.6 Å². The van der Waals surface area contributed by atoms with E-state index >= 15 is 0 Å². The summed E-state index contributed by atoms with van der Waals surface area (Å²) in [6.45, 7) is 3.93. The molecule has 0 heterocycles. The monoisotopic (exact) mass is 309 g/mol. The van der Waals surface area contributed by atoms with E-state index in [1.165, 1.54) is 5.56 Å². The number of hydrogen-bond donors (Lipinski definition) is 3. The second kappa shape index (κ2) is 8.56. The van der Waals surface area contributed by atoms with Gasteiger partial charge in [0, 0.05) is 0 Å². The Kier molecular flexibility index (Phi) is 7.08. The van der Waals surface area contributed by atoms with Crippen LogP contribution in [0.2, 0.25) is 0 Å². The summed E-state index contributed by atoms with van der Waals surface area (Å²) in [5.74, 6) is 0.563. The minimum absolute atomic E-state index is 0.121. The number of benzene rings is 1. The van der Waals surface area contributed by atoms with Gasteiger partial charge in [0.2, 0.25) is 5.91 Å². The van der Waals surface area contributed by atoms with Crippen LogP contribution in [0.15, 0.2) is 24.3 Å². The van der Waals surface area contributed by atoms with Gasteiger partial charge in [0.25, 0.3) is 0 Å². The normalized spacial score (nSPS) is 13.3. The Morgan fingerprint density at radius 3 is 2.38 bits per heavy atom. The fourth-order valence-electron chi connectivity index (χ4n) is 1.93. The van der Waals surface area contributed by atoms with Crippen molar-refractivity contribution in [2.24, 2.45) is 5.73 Å². The highest BCUT2D eigenvalue weighted by Gasteiger charge is 2.21. The van der Waals surface area contributed by atoms with Gasteiger partial charge < -0.3 is 16.4 Å². The van der Waals surface area contributed by atoms with Crippen LogP contribution >= 0.6 is 11.8 Å². The summed E-state index contributed by atoms with van der Waals surface area (Å²) >= 11 is 1.62. The van der Waals surface area contributed by atoms with Crippen LogP contribution in [0.4, 0.5) is 4.79 Å². The first-order valence-corrected chi connectivity index (χ1v) is 8.25. The molecule has 2 atom stereocenters. The molecule has 0 radical (unpaired) electrons. The Morgan fingerprint density at radius 2 is 1.86 bits per heavy atom. The highest BCUT2D eigenvalue weighted by Crippen LogP contribution is 2.13.